The second-order valence-electron chi connectivity index (χ2n) is 0.504. The van der Waals surface area contributed by atoms with Crippen LogP contribution in [0.4, 0.5) is 17.6 Å². The predicted octanol–water partition coefficient (Wildman–Crippen LogP) is 2.79. The summed E-state index contributed by atoms with van der Waals surface area (Å²) >= 11 is 0. The van der Waals surface area contributed by atoms with Crippen LogP contribution in [0.25, 0.3) is 0 Å². The third-order valence-electron chi connectivity index (χ3n) is 0.0952. The highest BCUT2D eigenvalue weighted by atomic mass is 19.2. The summed E-state index contributed by atoms with van der Waals surface area (Å²) in [5, 5.41) is 0. The van der Waals surface area contributed by atoms with Crippen molar-refractivity contribution in [3.8, 4) is 0 Å². The van der Waals surface area contributed by atoms with E-state index in [0.717, 1.165) is 0 Å². The van der Waals surface area contributed by atoms with Gasteiger partial charge in [0.2, 0.25) is 0 Å². The van der Waals surface area contributed by atoms with E-state index in [1.54, 1.807) is 0 Å². The third-order valence-corrected chi connectivity index (χ3v) is 0.0952. The van der Waals surface area contributed by atoms with E-state index in [1.807, 2.05) is 0 Å². The Morgan fingerprint density at radius 1 is 0.500 bits per heavy atom. The Labute approximate surface area is 44.1 Å². The van der Waals surface area contributed by atoms with E-state index in [4.69, 9.17) is 0 Å². The maximum atomic E-state index is 10.2. The van der Waals surface area contributed by atoms with Crippen LogP contribution in [0, 0.1) is 0 Å². The standard InChI is InChI=1S/2C2H2F2/c2*3-1-2-4/h2*1-2H. The summed E-state index contributed by atoms with van der Waals surface area (Å²) in [7, 11) is 0. The molecule has 0 atom stereocenters. The second kappa shape index (κ2) is 16.4. The van der Waals surface area contributed by atoms with Crippen LogP contribution in [-0.2, 0) is 0 Å². The number of rotatable bonds is 0. The molecule has 0 aliphatic rings. The first-order valence-electron chi connectivity index (χ1n) is 1.54. The van der Waals surface area contributed by atoms with Gasteiger partial charge in [-0.25, -0.2) is 17.6 Å². The molecule has 0 aromatic heterocycles. The van der Waals surface area contributed by atoms with Crippen LogP contribution in [0.2, 0.25) is 0 Å². The highest BCUT2D eigenvalue weighted by Crippen LogP contribution is 1.67. The van der Waals surface area contributed by atoms with E-state index in [9.17, 15) is 17.6 Å². The molecule has 0 saturated carbocycles. The number of hydrogen-bond acceptors (Lipinski definition) is 0. The highest BCUT2D eigenvalue weighted by Gasteiger charge is 1.44. The van der Waals surface area contributed by atoms with Crippen LogP contribution in [0.5, 0.6) is 0 Å². The van der Waals surface area contributed by atoms with Gasteiger partial charge in [0, 0.05) is 0 Å². The molecule has 4 heteroatoms. The molecule has 0 N–H and O–H groups in total. The molecule has 0 heterocycles. The lowest BCUT2D eigenvalue weighted by molar-refractivity contribution is 0.645. The van der Waals surface area contributed by atoms with Crippen LogP contribution in [0.15, 0.2) is 25.3 Å². The highest BCUT2D eigenvalue weighted by molar-refractivity contribution is 4.52. The molecule has 0 bridgehead atoms. The van der Waals surface area contributed by atoms with Crippen LogP contribution < -0.4 is 0 Å². The van der Waals surface area contributed by atoms with Crippen molar-refractivity contribution in [3.63, 3.8) is 0 Å². The molecule has 0 aliphatic heterocycles. The van der Waals surface area contributed by atoms with Gasteiger partial charge in [-0.1, -0.05) is 0 Å². The molecule has 0 aromatic rings. The molecule has 0 unspecified atom stereocenters. The summed E-state index contributed by atoms with van der Waals surface area (Å²) in [6.45, 7) is 0. The molecule has 0 rings (SSSR count). The van der Waals surface area contributed by atoms with E-state index >= 15 is 0 Å². The molecule has 0 radical (unpaired) electrons. The topological polar surface area (TPSA) is 0 Å². The van der Waals surface area contributed by atoms with Gasteiger partial charge in [0.05, 0.1) is 0 Å². The summed E-state index contributed by atoms with van der Waals surface area (Å²) < 4.78 is 40.7. The van der Waals surface area contributed by atoms with E-state index in [-0.39, 0.29) is 25.3 Å². The van der Waals surface area contributed by atoms with Crippen LogP contribution in [0.3, 0.4) is 0 Å². The average molecular weight is 128 g/mol. The summed E-state index contributed by atoms with van der Waals surface area (Å²) in [5.74, 6) is 0. The Bertz CT molecular complexity index is 48.4. The molecule has 48 valence electrons. The quantitative estimate of drug-likeness (QED) is 0.440. The van der Waals surface area contributed by atoms with E-state index in [1.165, 1.54) is 0 Å². The minimum atomic E-state index is -0.167. The van der Waals surface area contributed by atoms with E-state index in [2.05, 4.69) is 0 Å². The van der Waals surface area contributed by atoms with Crippen molar-refractivity contribution in [2.45, 2.75) is 0 Å². The van der Waals surface area contributed by atoms with E-state index in [0.29, 0.717) is 0 Å². The Morgan fingerprint density at radius 3 is 0.625 bits per heavy atom. The SMILES string of the molecule is FC=CF.FC=CF. The molecular weight excluding hydrogens is 124 g/mol. The summed E-state index contributed by atoms with van der Waals surface area (Å²) in [5.41, 5.74) is 0. The molecule has 0 amide bonds. The fourth-order valence-electron chi connectivity index (χ4n) is 0. The van der Waals surface area contributed by atoms with Crippen molar-refractivity contribution < 1.29 is 17.6 Å². The maximum absolute atomic E-state index is 10.2. The Balaban J connectivity index is 0. The summed E-state index contributed by atoms with van der Waals surface area (Å²) in [6.07, 6.45) is -0.667. The van der Waals surface area contributed by atoms with Crippen molar-refractivity contribution in [2.75, 3.05) is 0 Å². The zero-order valence-corrected chi connectivity index (χ0v) is 3.82. The largest absolute Gasteiger partial charge is 0.213 e. The van der Waals surface area contributed by atoms with Crippen molar-refractivity contribution in [1.82, 2.24) is 0 Å². The minimum Gasteiger partial charge on any atom is -0.213 e. The molecule has 0 saturated heterocycles. The van der Waals surface area contributed by atoms with Gasteiger partial charge in [-0.05, 0) is 0 Å². The van der Waals surface area contributed by atoms with Gasteiger partial charge in [0.25, 0.3) is 0 Å². The summed E-state index contributed by atoms with van der Waals surface area (Å²) in [4.78, 5) is 0. The summed E-state index contributed by atoms with van der Waals surface area (Å²) in [6, 6.07) is 0. The van der Waals surface area contributed by atoms with Gasteiger partial charge < -0.3 is 0 Å². The van der Waals surface area contributed by atoms with Gasteiger partial charge in [-0.15, -0.1) is 0 Å². The first-order chi connectivity index (χ1) is 3.83. The van der Waals surface area contributed by atoms with Crippen LogP contribution >= 0.6 is 0 Å². The van der Waals surface area contributed by atoms with Gasteiger partial charge >= 0.3 is 0 Å². The minimum absolute atomic E-state index is 0.167. The van der Waals surface area contributed by atoms with Gasteiger partial charge in [-0.2, -0.15) is 0 Å². The van der Waals surface area contributed by atoms with Crippen molar-refractivity contribution in [1.29, 1.82) is 0 Å². The monoisotopic (exact) mass is 128 g/mol. The molecule has 0 spiro atoms. The van der Waals surface area contributed by atoms with Crippen LogP contribution in [0.1, 0.15) is 0 Å². The molecule has 0 fully saturated rings. The van der Waals surface area contributed by atoms with Crippen LogP contribution in [-0.4, -0.2) is 0 Å². The lowest BCUT2D eigenvalue weighted by atomic mass is 11.2. The normalized spacial score (nSPS) is 9.50. The first kappa shape index (κ1) is 10.2. The van der Waals surface area contributed by atoms with Gasteiger partial charge in [0.1, 0.15) is 25.3 Å². The van der Waals surface area contributed by atoms with Crippen molar-refractivity contribution in [3.05, 3.63) is 25.3 Å². The Hall–Kier alpha value is -0.800. The molecular formula is C4H4F4. The lowest BCUT2D eigenvalue weighted by Crippen LogP contribution is -1.18. The fraction of sp³-hybridized carbons (Fsp3) is 0. The molecule has 8 heavy (non-hydrogen) atoms. The Kier molecular flexibility index (Phi) is 20.9. The maximum Gasteiger partial charge on any atom is 0.115 e. The number of halogens is 4. The second-order valence-corrected chi connectivity index (χ2v) is 0.504. The van der Waals surface area contributed by atoms with Crippen molar-refractivity contribution in [2.24, 2.45) is 0 Å². The zero-order chi connectivity index (χ0) is 6.83. The van der Waals surface area contributed by atoms with Gasteiger partial charge in [-0.3, -0.25) is 0 Å². The molecule has 0 nitrogen and oxygen atoms in total. The average Bonchev–Trinajstić information content (AvgIpc) is 1.88. The number of hydrogen-bond donors (Lipinski definition) is 0. The van der Waals surface area contributed by atoms with Crippen molar-refractivity contribution >= 4 is 0 Å². The predicted molar refractivity (Wildman–Crippen MR) is 22.7 cm³/mol. The third kappa shape index (κ3) is 63.7. The molecule has 0 aliphatic carbocycles. The fourth-order valence-corrected chi connectivity index (χ4v) is 0. The first-order valence-corrected chi connectivity index (χ1v) is 1.54. The van der Waals surface area contributed by atoms with E-state index < -0.39 is 0 Å². The Morgan fingerprint density at radius 2 is 0.625 bits per heavy atom. The van der Waals surface area contributed by atoms with Gasteiger partial charge in [0.15, 0.2) is 0 Å². The lowest BCUT2D eigenvalue weighted by Gasteiger charge is -1.42. The molecule has 0 aromatic carbocycles. The smallest absolute Gasteiger partial charge is 0.115 e. The zero-order valence-electron chi connectivity index (χ0n) is 3.82.